The molecule has 0 radical (unpaired) electrons. The van der Waals surface area contributed by atoms with Crippen molar-refractivity contribution in [3.05, 3.63) is 0 Å². The van der Waals surface area contributed by atoms with E-state index in [1.54, 1.807) is 7.11 Å². The molecule has 1 N–H and O–H groups in total. The van der Waals surface area contributed by atoms with Crippen LogP contribution in [0.4, 0.5) is 0 Å². The molecule has 1 fully saturated rings. The summed E-state index contributed by atoms with van der Waals surface area (Å²) in [7, 11) is 1.78. The molecule has 0 aromatic carbocycles. The Hall–Kier alpha value is -0.120. The van der Waals surface area contributed by atoms with Crippen LogP contribution in [0.3, 0.4) is 0 Å². The average molecular weight is 229 g/mol. The van der Waals surface area contributed by atoms with Crippen molar-refractivity contribution < 1.29 is 9.47 Å². The number of hydrogen-bond donors (Lipinski definition) is 1. The molecule has 96 valence electrons. The first-order valence-electron chi connectivity index (χ1n) is 6.67. The normalized spacial score (nSPS) is 31.1. The highest BCUT2D eigenvalue weighted by atomic mass is 16.5. The molecule has 0 aliphatic heterocycles. The largest absolute Gasteiger partial charge is 0.377 e. The summed E-state index contributed by atoms with van der Waals surface area (Å²) in [4.78, 5) is 0. The standard InChI is InChI=1S/C13H27NO2/c1-5-8-10(6-2)14-11-9-12(16-7-3)13(11)15-4/h10-14H,5-9H2,1-4H3. The van der Waals surface area contributed by atoms with Crippen molar-refractivity contribution in [3.8, 4) is 0 Å². The highest BCUT2D eigenvalue weighted by molar-refractivity contribution is 4.98. The molecule has 0 spiro atoms. The van der Waals surface area contributed by atoms with Gasteiger partial charge in [-0.25, -0.2) is 0 Å². The average Bonchev–Trinajstić information content (AvgIpc) is 2.26. The number of ether oxygens (including phenoxy) is 2. The topological polar surface area (TPSA) is 30.5 Å². The van der Waals surface area contributed by atoms with Gasteiger partial charge < -0.3 is 14.8 Å². The highest BCUT2D eigenvalue weighted by Gasteiger charge is 2.42. The van der Waals surface area contributed by atoms with Crippen LogP contribution in [0, 0.1) is 0 Å². The van der Waals surface area contributed by atoms with Crippen molar-refractivity contribution in [1.82, 2.24) is 5.32 Å². The summed E-state index contributed by atoms with van der Waals surface area (Å²) in [5.74, 6) is 0. The second-order valence-electron chi connectivity index (χ2n) is 4.60. The van der Waals surface area contributed by atoms with Crippen LogP contribution in [-0.4, -0.2) is 38.0 Å². The van der Waals surface area contributed by atoms with Gasteiger partial charge in [0.15, 0.2) is 0 Å². The molecule has 3 heteroatoms. The van der Waals surface area contributed by atoms with E-state index in [4.69, 9.17) is 9.47 Å². The molecule has 16 heavy (non-hydrogen) atoms. The Morgan fingerprint density at radius 1 is 1.31 bits per heavy atom. The second kappa shape index (κ2) is 7.25. The number of rotatable bonds is 8. The Kier molecular flexibility index (Phi) is 6.32. The lowest BCUT2D eigenvalue weighted by atomic mass is 9.84. The predicted octanol–water partition coefficient (Wildman–Crippen LogP) is 2.35. The van der Waals surface area contributed by atoms with Gasteiger partial charge in [0.05, 0.1) is 12.2 Å². The fourth-order valence-electron chi connectivity index (χ4n) is 2.49. The molecule has 1 aliphatic carbocycles. The van der Waals surface area contributed by atoms with Crippen molar-refractivity contribution in [2.24, 2.45) is 0 Å². The maximum atomic E-state index is 5.62. The van der Waals surface area contributed by atoms with E-state index in [0.717, 1.165) is 13.0 Å². The molecule has 1 rings (SSSR count). The van der Waals surface area contributed by atoms with Crippen LogP contribution in [0.15, 0.2) is 0 Å². The lowest BCUT2D eigenvalue weighted by Gasteiger charge is -2.45. The van der Waals surface area contributed by atoms with Crippen molar-refractivity contribution >= 4 is 0 Å². The smallest absolute Gasteiger partial charge is 0.0986 e. The van der Waals surface area contributed by atoms with Crippen LogP contribution in [0.2, 0.25) is 0 Å². The summed E-state index contributed by atoms with van der Waals surface area (Å²) < 4.78 is 11.1. The van der Waals surface area contributed by atoms with Crippen LogP contribution in [0.5, 0.6) is 0 Å². The molecule has 0 saturated heterocycles. The highest BCUT2D eigenvalue weighted by Crippen LogP contribution is 2.27. The van der Waals surface area contributed by atoms with Crippen LogP contribution in [-0.2, 0) is 9.47 Å². The third kappa shape index (κ3) is 3.44. The molecule has 0 bridgehead atoms. The zero-order valence-electron chi connectivity index (χ0n) is 11.2. The van der Waals surface area contributed by atoms with Gasteiger partial charge in [0.1, 0.15) is 0 Å². The van der Waals surface area contributed by atoms with Gasteiger partial charge in [-0.3, -0.25) is 0 Å². The molecular formula is C13H27NO2. The minimum atomic E-state index is 0.242. The number of methoxy groups -OCH3 is 1. The van der Waals surface area contributed by atoms with Crippen LogP contribution in [0.25, 0.3) is 0 Å². The monoisotopic (exact) mass is 229 g/mol. The Morgan fingerprint density at radius 2 is 2.06 bits per heavy atom. The lowest BCUT2D eigenvalue weighted by Crippen LogP contribution is -2.61. The molecule has 4 atom stereocenters. The van der Waals surface area contributed by atoms with Crippen molar-refractivity contribution in [1.29, 1.82) is 0 Å². The minimum Gasteiger partial charge on any atom is -0.377 e. The van der Waals surface area contributed by atoms with Gasteiger partial charge in [0.2, 0.25) is 0 Å². The van der Waals surface area contributed by atoms with E-state index in [1.807, 2.05) is 6.92 Å². The fraction of sp³-hybridized carbons (Fsp3) is 1.00. The summed E-state index contributed by atoms with van der Waals surface area (Å²) in [5.41, 5.74) is 0. The first kappa shape index (κ1) is 13.9. The SMILES string of the molecule is CCCC(CC)NC1CC(OCC)C1OC. The summed E-state index contributed by atoms with van der Waals surface area (Å²) in [6, 6.07) is 1.12. The van der Waals surface area contributed by atoms with Gasteiger partial charge in [-0.1, -0.05) is 20.3 Å². The van der Waals surface area contributed by atoms with E-state index in [1.165, 1.54) is 19.3 Å². The fourth-order valence-corrected chi connectivity index (χ4v) is 2.49. The van der Waals surface area contributed by atoms with Gasteiger partial charge in [-0.05, 0) is 26.2 Å². The Labute approximate surface area is 99.9 Å². The van der Waals surface area contributed by atoms with E-state index in [0.29, 0.717) is 18.2 Å². The van der Waals surface area contributed by atoms with Gasteiger partial charge in [0, 0.05) is 25.8 Å². The molecule has 0 aromatic heterocycles. The van der Waals surface area contributed by atoms with Crippen molar-refractivity contribution in [2.75, 3.05) is 13.7 Å². The molecule has 3 nitrogen and oxygen atoms in total. The molecule has 1 saturated carbocycles. The molecule has 0 aromatic rings. The second-order valence-corrected chi connectivity index (χ2v) is 4.60. The summed E-state index contributed by atoms with van der Waals surface area (Å²) in [6.45, 7) is 7.30. The van der Waals surface area contributed by atoms with Gasteiger partial charge in [-0.2, -0.15) is 0 Å². The quantitative estimate of drug-likeness (QED) is 0.693. The van der Waals surface area contributed by atoms with E-state index in [-0.39, 0.29) is 6.10 Å². The van der Waals surface area contributed by atoms with E-state index >= 15 is 0 Å². The maximum absolute atomic E-state index is 5.62. The third-order valence-corrected chi connectivity index (χ3v) is 3.48. The summed E-state index contributed by atoms with van der Waals surface area (Å²) in [6.07, 6.45) is 5.32. The van der Waals surface area contributed by atoms with Gasteiger partial charge in [-0.15, -0.1) is 0 Å². The summed E-state index contributed by atoms with van der Waals surface area (Å²) in [5, 5.41) is 3.69. The van der Waals surface area contributed by atoms with Crippen molar-refractivity contribution in [3.63, 3.8) is 0 Å². The van der Waals surface area contributed by atoms with E-state index < -0.39 is 0 Å². The molecule has 1 aliphatic rings. The Morgan fingerprint density at radius 3 is 2.56 bits per heavy atom. The van der Waals surface area contributed by atoms with Crippen LogP contribution < -0.4 is 5.32 Å². The minimum absolute atomic E-state index is 0.242. The zero-order chi connectivity index (χ0) is 12.0. The van der Waals surface area contributed by atoms with Gasteiger partial charge >= 0.3 is 0 Å². The first-order valence-corrected chi connectivity index (χ1v) is 6.67. The summed E-state index contributed by atoms with van der Waals surface area (Å²) >= 11 is 0. The van der Waals surface area contributed by atoms with Crippen LogP contribution >= 0.6 is 0 Å². The number of hydrogen-bond acceptors (Lipinski definition) is 3. The number of nitrogens with one attached hydrogen (secondary N) is 1. The zero-order valence-corrected chi connectivity index (χ0v) is 11.2. The predicted molar refractivity (Wildman–Crippen MR) is 66.7 cm³/mol. The van der Waals surface area contributed by atoms with Crippen molar-refractivity contribution in [2.45, 2.75) is 70.7 Å². The molecule has 4 unspecified atom stereocenters. The van der Waals surface area contributed by atoms with E-state index in [2.05, 4.69) is 19.2 Å². The lowest BCUT2D eigenvalue weighted by molar-refractivity contribution is -0.133. The maximum Gasteiger partial charge on any atom is 0.0986 e. The van der Waals surface area contributed by atoms with Crippen LogP contribution in [0.1, 0.15) is 46.5 Å². The molecule has 0 heterocycles. The Bertz CT molecular complexity index is 187. The first-order chi connectivity index (χ1) is 7.76. The van der Waals surface area contributed by atoms with E-state index in [9.17, 15) is 0 Å². The Balaban J connectivity index is 2.32. The van der Waals surface area contributed by atoms with Gasteiger partial charge in [0.25, 0.3) is 0 Å². The third-order valence-electron chi connectivity index (χ3n) is 3.48. The molecule has 0 amide bonds. The molecular weight excluding hydrogens is 202 g/mol.